The van der Waals surface area contributed by atoms with Crippen LogP contribution in [0.4, 0.5) is 13.2 Å². The quantitative estimate of drug-likeness (QED) is 0.0677. The average Bonchev–Trinajstić information content (AvgIpc) is 3.58. The maximum absolute atomic E-state index is 14.2. The molecular formula is C41H40F3N3O6. The van der Waals surface area contributed by atoms with Gasteiger partial charge in [0.15, 0.2) is 0 Å². The summed E-state index contributed by atoms with van der Waals surface area (Å²) in [5.74, 6) is -1.67. The summed E-state index contributed by atoms with van der Waals surface area (Å²) in [6.45, 7) is 3.11. The lowest BCUT2D eigenvalue weighted by atomic mass is 9.77. The zero-order chi connectivity index (χ0) is 37.4. The van der Waals surface area contributed by atoms with Crippen LogP contribution in [0.25, 0.3) is 0 Å². The van der Waals surface area contributed by atoms with Crippen molar-refractivity contribution in [1.82, 2.24) is 15.0 Å². The molecule has 5 aromatic rings. The first-order chi connectivity index (χ1) is 25.6. The van der Waals surface area contributed by atoms with Crippen molar-refractivity contribution in [2.75, 3.05) is 13.2 Å². The van der Waals surface area contributed by atoms with Crippen molar-refractivity contribution >= 4 is 11.9 Å². The predicted molar refractivity (Wildman–Crippen MR) is 189 cm³/mol. The molecular weight excluding hydrogens is 687 g/mol. The second-order valence-corrected chi connectivity index (χ2v) is 13.1. The summed E-state index contributed by atoms with van der Waals surface area (Å²) >= 11 is 0. The fourth-order valence-corrected chi connectivity index (χ4v) is 6.79. The summed E-state index contributed by atoms with van der Waals surface area (Å²) in [5, 5.41) is 9.11. The van der Waals surface area contributed by atoms with E-state index in [9.17, 15) is 22.8 Å². The minimum absolute atomic E-state index is 0.00144. The van der Waals surface area contributed by atoms with Crippen LogP contribution in [-0.4, -0.2) is 52.6 Å². The van der Waals surface area contributed by atoms with Crippen LogP contribution in [0.5, 0.6) is 11.6 Å². The molecule has 0 bridgehead atoms. The number of carbonyl (C=O) groups is 2. The molecule has 6 rings (SSSR count). The summed E-state index contributed by atoms with van der Waals surface area (Å²) < 4.78 is 61.1. The van der Waals surface area contributed by atoms with Crippen molar-refractivity contribution in [2.24, 2.45) is 5.92 Å². The van der Waals surface area contributed by atoms with Gasteiger partial charge in [0.1, 0.15) is 30.6 Å². The molecule has 4 aromatic carbocycles. The smallest absolute Gasteiger partial charge is 0.472 e. The molecule has 1 aliphatic rings. The molecule has 0 radical (unpaired) electrons. The first-order valence-corrected chi connectivity index (χ1v) is 17.5. The van der Waals surface area contributed by atoms with Crippen molar-refractivity contribution in [2.45, 2.75) is 63.5 Å². The molecule has 1 aromatic heterocycles. The lowest BCUT2D eigenvalue weighted by Crippen LogP contribution is -2.41. The molecule has 0 spiro atoms. The summed E-state index contributed by atoms with van der Waals surface area (Å²) in [6, 6.07) is 35.0. The molecule has 53 heavy (non-hydrogen) atoms. The van der Waals surface area contributed by atoms with Crippen LogP contribution in [0.3, 0.4) is 0 Å². The fourth-order valence-electron chi connectivity index (χ4n) is 6.79. The summed E-state index contributed by atoms with van der Waals surface area (Å²) in [5.41, 5.74) is 2.11. The topological polar surface area (TPSA) is 102 Å². The van der Waals surface area contributed by atoms with Crippen LogP contribution in [-0.2, 0) is 19.8 Å². The Morgan fingerprint density at radius 1 is 0.736 bits per heavy atom. The number of alkyl halides is 3. The molecule has 0 aliphatic heterocycles. The van der Waals surface area contributed by atoms with Gasteiger partial charge in [0.25, 0.3) is 5.88 Å². The van der Waals surface area contributed by atoms with Crippen LogP contribution < -0.4 is 9.47 Å². The molecule has 1 fully saturated rings. The third kappa shape index (κ3) is 8.54. The molecule has 1 heterocycles. The summed E-state index contributed by atoms with van der Waals surface area (Å²) in [4.78, 5) is 26.3. The number of carbonyl (C=O) groups excluding carboxylic acids is 2. The molecule has 0 amide bonds. The van der Waals surface area contributed by atoms with Crippen LogP contribution >= 0.6 is 0 Å². The highest BCUT2D eigenvalue weighted by molar-refractivity contribution is 5.90. The van der Waals surface area contributed by atoms with E-state index in [2.05, 4.69) is 15.0 Å². The van der Waals surface area contributed by atoms with E-state index in [1.54, 1.807) is 30.7 Å². The maximum atomic E-state index is 14.2. The Hall–Kier alpha value is -5.65. The third-order valence-corrected chi connectivity index (χ3v) is 9.29. The Bertz CT molecular complexity index is 1850. The van der Waals surface area contributed by atoms with Gasteiger partial charge in [-0.15, -0.1) is 13.2 Å². The monoisotopic (exact) mass is 727 g/mol. The molecule has 0 unspecified atom stereocenters. The van der Waals surface area contributed by atoms with Crippen molar-refractivity contribution in [1.29, 1.82) is 0 Å². The second-order valence-electron chi connectivity index (χ2n) is 13.1. The first kappa shape index (κ1) is 37.1. The number of benzene rings is 4. The van der Waals surface area contributed by atoms with E-state index in [0.717, 1.165) is 22.3 Å². The maximum Gasteiger partial charge on any atom is 0.573 e. The summed E-state index contributed by atoms with van der Waals surface area (Å²) in [7, 11) is 0. The normalized spacial score (nSPS) is 16.2. The minimum atomic E-state index is -4.76. The van der Waals surface area contributed by atoms with Gasteiger partial charge >= 0.3 is 18.3 Å². The highest BCUT2D eigenvalue weighted by atomic mass is 19.4. The van der Waals surface area contributed by atoms with Gasteiger partial charge < -0.3 is 18.9 Å². The van der Waals surface area contributed by atoms with Crippen LogP contribution in [0.15, 0.2) is 115 Å². The lowest BCUT2D eigenvalue weighted by Gasteiger charge is -2.36. The number of aromatic nitrogens is 3. The Labute approximate surface area is 305 Å². The molecule has 276 valence electrons. The van der Waals surface area contributed by atoms with Gasteiger partial charge in [-0.2, -0.15) is 0 Å². The predicted octanol–water partition coefficient (Wildman–Crippen LogP) is 8.48. The number of rotatable bonds is 13. The Morgan fingerprint density at radius 3 is 1.74 bits per heavy atom. The SMILES string of the molecule is CC(C)C(=O)OCCOC(=O)c1c(OC2CCC(c3ccc(OC(F)(F)F)cc3)CC2)nnn1C(c1ccccc1)(c1ccccc1)c1ccccc1. The standard InChI is InChI=1S/C41H40F3N3O6/c1-28(2)38(48)50-26-27-51-39(49)36-37(52-34-22-18-29(19-23-34)30-20-24-35(25-21-30)53-41(42,43)44)45-46-47(36)40(31-12-6-3-7-13-31,32-14-8-4-9-15-32)33-16-10-5-11-17-33/h3-17,20-21,24-25,28-29,34H,18-19,22-23,26-27H2,1-2H3. The van der Waals surface area contributed by atoms with E-state index in [1.807, 2.05) is 91.0 Å². The number of ether oxygens (including phenoxy) is 4. The van der Waals surface area contributed by atoms with E-state index in [4.69, 9.17) is 14.2 Å². The van der Waals surface area contributed by atoms with Crippen LogP contribution in [0.1, 0.15) is 78.2 Å². The number of hydrogen-bond acceptors (Lipinski definition) is 8. The van der Waals surface area contributed by atoms with Crippen molar-refractivity contribution in [3.05, 3.63) is 143 Å². The van der Waals surface area contributed by atoms with E-state index >= 15 is 0 Å². The van der Waals surface area contributed by atoms with E-state index in [1.165, 1.54) is 12.1 Å². The number of halogens is 3. The molecule has 9 nitrogen and oxygen atoms in total. The Kier molecular flexibility index (Phi) is 11.5. The van der Waals surface area contributed by atoms with Gasteiger partial charge in [0.2, 0.25) is 5.69 Å². The molecule has 0 saturated heterocycles. The number of esters is 2. The largest absolute Gasteiger partial charge is 0.573 e. The highest BCUT2D eigenvalue weighted by Gasteiger charge is 2.44. The van der Waals surface area contributed by atoms with Crippen molar-refractivity contribution in [3.8, 4) is 11.6 Å². The fraction of sp³-hybridized carbons (Fsp3) is 0.317. The molecule has 0 N–H and O–H groups in total. The molecule has 1 saturated carbocycles. The van der Waals surface area contributed by atoms with Gasteiger partial charge in [-0.25, -0.2) is 9.48 Å². The van der Waals surface area contributed by atoms with Crippen molar-refractivity contribution in [3.63, 3.8) is 0 Å². The third-order valence-electron chi connectivity index (χ3n) is 9.29. The zero-order valence-corrected chi connectivity index (χ0v) is 29.4. The minimum Gasteiger partial charge on any atom is -0.472 e. The van der Waals surface area contributed by atoms with E-state index in [0.29, 0.717) is 25.7 Å². The first-order valence-electron chi connectivity index (χ1n) is 17.5. The van der Waals surface area contributed by atoms with E-state index in [-0.39, 0.29) is 48.5 Å². The Morgan fingerprint density at radius 2 is 1.25 bits per heavy atom. The van der Waals surface area contributed by atoms with Crippen molar-refractivity contribution < 1.29 is 41.7 Å². The Balaban J connectivity index is 1.34. The van der Waals surface area contributed by atoms with Gasteiger partial charge in [-0.3, -0.25) is 4.79 Å². The molecule has 0 atom stereocenters. The number of hydrogen-bond donors (Lipinski definition) is 0. The van der Waals surface area contributed by atoms with Gasteiger partial charge in [-0.1, -0.05) is 127 Å². The average molecular weight is 728 g/mol. The summed E-state index contributed by atoms with van der Waals surface area (Å²) in [6.07, 6.45) is -2.50. The van der Waals surface area contributed by atoms with Gasteiger partial charge in [0.05, 0.1) is 5.92 Å². The van der Waals surface area contributed by atoms with Gasteiger partial charge in [-0.05, 0) is 66.0 Å². The molecule has 1 aliphatic carbocycles. The lowest BCUT2D eigenvalue weighted by molar-refractivity contribution is -0.274. The number of nitrogens with zero attached hydrogens (tertiary/aromatic N) is 3. The zero-order valence-electron chi connectivity index (χ0n) is 29.4. The highest BCUT2D eigenvalue weighted by Crippen LogP contribution is 2.43. The molecule has 12 heteroatoms. The van der Waals surface area contributed by atoms with E-state index < -0.39 is 23.8 Å². The van der Waals surface area contributed by atoms with Crippen LogP contribution in [0, 0.1) is 5.92 Å². The van der Waals surface area contributed by atoms with Crippen LogP contribution in [0.2, 0.25) is 0 Å². The second kappa shape index (κ2) is 16.4. The van der Waals surface area contributed by atoms with Gasteiger partial charge in [0, 0.05) is 0 Å².